The van der Waals surface area contributed by atoms with Gasteiger partial charge in [-0.3, -0.25) is 4.79 Å². The van der Waals surface area contributed by atoms with Gasteiger partial charge in [0.15, 0.2) is 0 Å². The molecule has 4 fully saturated rings. The van der Waals surface area contributed by atoms with E-state index in [4.69, 9.17) is 4.74 Å². The third-order valence-corrected chi connectivity index (χ3v) is 7.07. The first-order valence-corrected chi connectivity index (χ1v) is 9.86. The molecule has 0 saturated heterocycles. The highest BCUT2D eigenvalue weighted by atomic mass is 19.1. The van der Waals surface area contributed by atoms with Crippen molar-refractivity contribution < 1.29 is 13.9 Å². The van der Waals surface area contributed by atoms with Crippen LogP contribution in [-0.2, 0) is 10.2 Å². The van der Waals surface area contributed by atoms with Crippen molar-refractivity contribution >= 4 is 5.91 Å². The van der Waals surface area contributed by atoms with E-state index in [0.29, 0.717) is 30.6 Å². The fraction of sp³-hybridized carbons (Fsp3) is 0.682. The van der Waals surface area contributed by atoms with Crippen molar-refractivity contribution in [3.05, 3.63) is 29.3 Å². The van der Waals surface area contributed by atoms with Gasteiger partial charge in [0, 0.05) is 6.04 Å². The Hall–Kier alpha value is -1.58. The van der Waals surface area contributed by atoms with Crippen LogP contribution in [0.15, 0.2) is 18.2 Å². The van der Waals surface area contributed by atoms with Gasteiger partial charge in [-0.2, -0.15) is 0 Å². The Kier molecular flexibility index (Phi) is 4.09. The number of alkyl halides is 1. The summed E-state index contributed by atoms with van der Waals surface area (Å²) in [6.45, 7) is 5.94. The smallest absolute Gasteiger partial charge is 0.230 e. The average Bonchev–Trinajstić information content (AvgIpc) is 2.55. The molecule has 5 rings (SSSR count). The number of benzene rings is 1. The quantitative estimate of drug-likeness (QED) is 0.870. The van der Waals surface area contributed by atoms with Gasteiger partial charge in [-0.1, -0.05) is 6.07 Å². The predicted octanol–water partition coefficient (Wildman–Crippen LogP) is 4.31. The van der Waals surface area contributed by atoms with Crippen LogP contribution < -0.4 is 10.1 Å². The molecule has 0 radical (unpaired) electrons. The maximum absolute atomic E-state index is 14.9. The number of halogens is 1. The SMILES string of the molecule is COc1cc(C)cc(C(C)(C)C(=O)NC2[C@@H]3CC4C[C@@H]2CC(F)(C4)C3)c1. The molecule has 4 saturated carbocycles. The van der Waals surface area contributed by atoms with Crippen LogP contribution in [0.1, 0.15) is 57.1 Å². The van der Waals surface area contributed by atoms with Gasteiger partial charge in [-0.05, 0) is 93.9 Å². The molecule has 0 aliphatic heterocycles. The molecule has 1 N–H and O–H groups in total. The summed E-state index contributed by atoms with van der Waals surface area (Å²) in [6, 6.07) is 6.10. The number of hydrogen-bond donors (Lipinski definition) is 1. The van der Waals surface area contributed by atoms with Crippen LogP contribution in [0.25, 0.3) is 0 Å². The van der Waals surface area contributed by atoms with E-state index in [-0.39, 0.29) is 11.9 Å². The monoisotopic (exact) mass is 359 g/mol. The molecule has 0 heterocycles. The van der Waals surface area contributed by atoms with Gasteiger partial charge in [-0.25, -0.2) is 4.39 Å². The fourth-order valence-corrected chi connectivity index (χ4v) is 5.85. The van der Waals surface area contributed by atoms with E-state index in [1.807, 2.05) is 32.9 Å². The largest absolute Gasteiger partial charge is 0.497 e. The number of methoxy groups -OCH3 is 1. The zero-order valence-corrected chi connectivity index (χ0v) is 16.3. The highest BCUT2D eigenvalue weighted by molar-refractivity contribution is 5.87. The first kappa shape index (κ1) is 17.8. The second kappa shape index (κ2) is 5.97. The summed E-state index contributed by atoms with van der Waals surface area (Å²) in [5, 5.41) is 3.33. The first-order valence-electron chi connectivity index (χ1n) is 9.86. The molecule has 4 aliphatic rings. The summed E-state index contributed by atoms with van der Waals surface area (Å²) in [6.07, 6.45) is 4.15. The van der Waals surface area contributed by atoms with Crippen LogP contribution in [0.4, 0.5) is 4.39 Å². The lowest BCUT2D eigenvalue weighted by Crippen LogP contribution is -2.61. The Bertz CT molecular complexity index is 713. The predicted molar refractivity (Wildman–Crippen MR) is 100 cm³/mol. The fourth-order valence-electron chi connectivity index (χ4n) is 5.85. The van der Waals surface area contributed by atoms with Crippen molar-refractivity contribution in [1.82, 2.24) is 5.32 Å². The van der Waals surface area contributed by atoms with Gasteiger partial charge in [0.05, 0.1) is 12.5 Å². The number of amides is 1. The Morgan fingerprint density at radius 2 is 1.85 bits per heavy atom. The van der Waals surface area contributed by atoms with Crippen molar-refractivity contribution in [2.75, 3.05) is 7.11 Å². The zero-order chi connectivity index (χ0) is 18.7. The molecule has 1 aromatic carbocycles. The Balaban J connectivity index is 1.54. The van der Waals surface area contributed by atoms with Crippen LogP contribution >= 0.6 is 0 Å². The van der Waals surface area contributed by atoms with Gasteiger partial charge >= 0.3 is 0 Å². The molecule has 0 spiro atoms. The van der Waals surface area contributed by atoms with Crippen molar-refractivity contribution in [2.24, 2.45) is 17.8 Å². The lowest BCUT2D eigenvalue weighted by molar-refractivity contribution is -0.134. The Morgan fingerprint density at radius 3 is 2.42 bits per heavy atom. The molecule has 1 amide bonds. The molecule has 26 heavy (non-hydrogen) atoms. The minimum Gasteiger partial charge on any atom is -0.497 e. The van der Waals surface area contributed by atoms with E-state index in [9.17, 15) is 9.18 Å². The zero-order valence-electron chi connectivity index (χ0n) is 16.3. The minimum atomic E-state index is -0.961. The summed E-state index contributed by atoms with van der Waals surface area (Å²) in [5.41, 5.74) is 0.422. The molecular formula is C22H30FNO2. The third kappa shape index (κ3) is 2.91. The van der Waals surface area contributed by atoms with E-state index in [1.165, 1.54) is 0 Å². The Labute approximate surface area is 155 Å². The number of carbonyl (C=O) groups is 1. The van der Waals surface area contributed by atoms with Crippen LogP contribution in [0, 0.1) is 24.7 Å². The number of hydrogen-bond acceptors (Lipinski definition) is 2. The third-order valence-electron chi connectivity index (χ3n) is 7.07. The van der Waals surface area contributed by atoms with E-state index in [2.05, 4.69) is 11.4 Å². The summed E-state index contributed by atoms with van der Waals surface area (Å²) < 4.78 is 20.3. The second-order valence-corrected chi connectivity index (χ2v) is 9.48. The molecule has 0 aromatic heterocycles. The van der Waals surface area contributed by atoms with E-state index in [0.717, 1.165) is 36.1 Å². The minimum absolute atomic E-state index is 0.0375. The number of ether oxygens (including phenoxy) is 1. The van der Waals surface area contributed by atoms with Crippen molar-refractivity contribution in [3.63, 3.8) is 0 Å². The number of rotatable bonds is 4. The normalized spacial score (nSPS) is 35.4. The van der Waals surface area contributed by atoms with Crippen LogP contribution in [0.5, 0.6) is 5.75 Å². The standard InChI is InChI=1S/C22H30FNO2/c1-13-5-17(9-18(6-13)26-4)21(2,3)20(25)24-19-15-7-14-8-16(19)12-22(23,10-14)11-15/h5-6,9,14-16,19H,7-8,10-12H2,1-4H3,(H,24,25)/t14?,15-,16-,19?,22?/m1/s1. The van der Waals surface area contributed by atoms with Gasteiger partial charge < -0.3 is 10.1 Å². The summed E-state index contributed by atoms with van der Waals surface area (Å²) >= 11 is 0. The molecular weight excluding hydrogens is 329 g/mol. The van der Waals surface area contributed by atoms with Gasteiger partial charge in [0.2, 0.25) is 5.91 Å². The molecule has 4 heteroatoms. The molecule has 2 atom stereocenters. The van der Waals surface area contributed by atoms with Crippen molar-refractivity contribution in [3.8, 4) is 5.75 Å². The van der Waals surface area contributed by atoms with Crippen LogP contribution in [0.2, 0.25) is 0 Å². The lowest BCUT2D eigenvalue weighted by atomic mass is 9.53. The van der Waals surface area contributed by atoms with E-state index in [1.54, 1.807) is 7.11 Å². The molecule has 4 aliphatic carbocycles. The lowest BCUT2D eigenvalue weighted by Gasteiger charge is -2.57. The number of carbonyl (C=O) groups excluding carboxylic acids is 1. The van der Waals surface area contributed by atoms with Crippen LogP contribution in [-0.4, -0.2) is 24.7 Å². The van der Waals surface area contributed by atoms with Gasteiger partial charge in [-0.15, -0.1) is 0 Å². The van der Waals surface area contributed by atoms with Gasteiger partial charge in [0.25, 0.3) is 0 Å². The van der Waals surface area contributed by atoms with Gasteiger partial charge in [0.1, 0.15) is 11.4 Å². The maximum Gasteiger partial charge on any atom is 0.230 e. The molecule has 1 aromatic rings. The van der Waals surface area contributed by atoms with E-state index < -0.39 is 11.1 Å². The molecule has 4 bridgehead atoms. The number of aryl methyl sites for hydroxylation is 1. The molecule has 142 valence electrons. The summed E-state index contributed by atoms with van der Waals surface area (Å²) in [5.74, 6) is 1.95. The Morgan fingerprint density at radius 1 is 1.19 bits per heavy atom. The summed E-state index contributed by atoms with van der Waals surface area (Å²) in [4.78, 5) is 13.2. The molecule has 0 unspecified atom stereocenters. The first-order chi connectivity index (χ1) is 12.2. The second-order valence-electron chi connectivity index (χ2n) is 9.48. The highest BCUT2D eigenvalue weighted by Crippen LogP contribution is 2.57. The average molecular weight is 359 g/mol. The number of nitrogens with one attached hydrogen (secondary N) is 1. The topological polar surface area (TPSA) is 38.3 Å². The highest BCUT2D eigenvalue weighted by Gasteiger charge is 2.56. The van der Waals surface area contributed by atoms with Crippen LogP contribution in [0.3, 0.4) is 0 Å². The van der Waals surface area contributed by atoms with Crippen molar-refractivity contribution in [1.29, 1.82) is 0 Å². The maximum atomic E-state index is 14.9. The van der Waals surface area contributed by atoms with E-state index >= 15 is 0 Å². The summed E-state index contributed by atoms with van der Waals surface area (Å²) in [7, 11) is 1.65. The molecule has 3 nitrogen and oxygen atoms in total. The van der Waals surface area contributed by atoms with Crippen molar-refractivity contribution in [2.45, 2.75) is 70.0 Å².